The van der Waals surface area contributed by atoms with Crippen molar-refractivity contribution in [2.75, 3.05) is 0 Å². The zero-order valence-corrected chi connectivity index (χ0v) is 13.3. The summed E-state index contributed by atoms with van der Waals surface area (Å²) in [5.74, 6) is 1.55. The third-order valence-electron chi connectivity index (χ3n) is 4.63. The maximum absolute atomic E-state index is 10.7. The van der Waals surface area contributed by atoms with Gasteiger partial charge in [0.25, 0.3) is 0 Å². The largest absolute Gasteiger partial charge is 0.463 e. The van der Waals surface area contributed by atoms with Gasteiger partial charge in [0.05, 0.1) is 0 Å². The molecular weight excluding hydrogens is 248 g/mol. The molecule has 1 aromatic carbocycles. The van der Waals surface area contributed by atoms with Crippen molar-refractivity contribution < 1.29 is 9.52 Å². The minimum Gasteiger partial charge on any atom is -0.463 e. The third-order valence-corrected chi connectivity index (χ3v) is 4.63. The first-order valence-corrected chi connectivity index (χ1v) is 7.22. The van der Waals surface area contributed by atoms with Gasteiger partial charge in [-0.3, -0.25) is 0 Å². The molecule has 1 N–H and O–H groups in total. The zero-order chi connectivity index (χ0) is 15.0. The second kappa shape index (κ2) is 5.45. The van der Waals surface area contributed by atoms with Crippen LogP contribution in [-0.4, -0.2) is 5.11 Å². The molecule has 108 valence electrons. The van der Waals surface area contributed by atoms with E-state index in [9.17, 15) is 5.11 Å². The van der Waals surface area contributed by atoms with Crippen LogP contribution >= 0.6 is 0 Å². The number of furan rings is 1. The molecule has 0 radical (unpaired) electrons. The van der Waals surface area contributed by atoms with E-state index >= 15 is 0 Å². The summed E-state index contributed by atoms with van der Waals surface area (Å²) in [5, 5.41) is 10.7. The van der Waals surface area contributed by atoms with Crippen molar-refractivity contribution in [3.63, 3.8) is 0 Å². The van der Waals surface area contributed by atoms with Crippen molar-refractivity contribution in [1.29, 1.82) is 0 Å². The van der Waals surface area contributed by atoms with Crippen LogP contribution in [0, 0.1) is 34.6 Å². The number of rotatable bonds is 3. The van der Waals surface area contributed by atoms with E-state index in [0.29, 0.717) is 5.76 Å². The van der Waals surface area contributed by atoms with E-state index in [4.69, 9.17) is 4.42 Å². The van der Waals surface area contributed by atoms with Gasteiger partial charge in [-0.2, -0.15) is 0 Å². The van der Waals surface area contributed by atoms with Crippen LogP contribution in [0.2, 0.25) is 0 Å². The van der Waals surface area contributed by atoms with Crippen LogP contribution in [-0.2, 0) is 6.42 Å². The molecule has 0 aliphatic rings. The monoisotopic (exact) mass is 272 g/mol. The number of aliphatic hydroxyl groups is 1. The van der Waals surface area contributed by atoms with Gasteiger partial charge in [-0.1, -0.05) is 6.92 Å². The van der Waals surface area contributed by atoms with Crippen molar-refractivity contribution in [3.05, 3.63) is 57.0 Å². The minimum atomic E-state index is -0.687. The average Bonchev–Trinajstić information content (AvgIpc) is 2.92. The van der Waals surface area contributed by atoms with E-state index < -0.39 is 6.10 Å². The Kier molecular flexibility index (Phi) is 4.05. The molecule has 1 atom stereocenters. The second-order valence-corrected chi connectivity index (χ2v) is 5.60. The molecule has 0 fully saturated rings. The van der Waals surface area contributed by atoms with Crippen molar-refractivity contribution in [1.82, 2.24) is 0 Å². The van der Waals surface area contributed by atoms with Gasteiger partial charge in [-0.15, -0.1) is 0 Å². The highest BCUT2D eigenvalue weighted by Crippen LogP contribution is 2.34. The van der Waals surface area contributed by atoms with Crippen LogP contribution in [0.15, 0.2) is 16.5 Å². The lowest BCUT2D eigenvalue weighted by molar-refractivity contribution is 0.185. The normalized spacial score (nSPS) is 12.8. The molecule has 2 rings (SSSR count). The molecule has 0 saturated carbocycles. The van der Waals surface area contributed by atoms with Gasteiger partial charge in [0.2, 0.25) is 0 Å². The Hall–Kier alpha value is -1.54. The number of aliphatic hydroxyl groups excluding tert-OH is 1. The Morgan fingerprint density at radius 3 is 1.85 bits per heavy atom. The smallest absolute Gasteiger partial charge is 0.137 e. The molecular formula is C18H24O2. The van der Waals surface area contributed by atoms with Crippen LogP contribution in [0.5, 0.6) is 0 Å². The predicted octanol–water partition coefficient (Wildman–Crippen LogP) is 4.47. The Morgan fingerprint density at radius 1 is 0.900 bits per heavy atom. The molecule has 0 aliphatic carbocycles. The molecule has 1 aromatic heterocycles. The molecule has 2 heteroatoms. The summed E-state index contributed by atoms with van der Waals surface area (Å²) in [6, 6.07) is 3.82. The number of aryl methyl sites for hydroxylation is 1. The molecule has 1 unspecified atom stereocenters. The molecule has 0 bridgehead atoms. The van der Waals surface area contributed by atoms with Crippen molar-refractivity contribution in [3.8, 4) is 0 Å². The molecule has 0 amide bonds. The van der Waals surface area contributed by atoms with Crippen molar-refractivity contribution in [2.45, 2.75) is 54.1 Å². The average molecular weight is 272 g/mol. The lowest BCUT2D eigenvalue weighted by Crippen LogP contribution is -2.08. The van der Waals surface area contributed by atoms with Crippen molar-refractivity contribution >= 4 is 0 Å². The van der Waals surface area contributed by atoms with Crippen molar-refractivity contribution in [2.24, 2.45) is 0 Å². The maximum Gasteiger partial charge on any atom is 0.137 e. The van der Waals surface area contributed by atoms with Gasteiger partial charge < -0.3 is 9.52 Å². The van der Waals surface area contributed by atoms with Crippen LogP contribution in [0.4, 0.5) is 0 Å². The van der Waals surface area contributed by atoms with Crippen LogP contribution in [0.25, 0.3) is 0 Å². The lowest BCUT2D eigenvalue weighted by atomic mass is 9.86. The molecule has 0 saturated heterocycles. The van der Waals surface area contributed by atoms with Gasteiger partial charge in [-0.25, -0.2) is 0 Å². The topological polar surface area (TPSA) is 33.4 Å². The van der Waals surface area contributed by atoms with Gasteiger partial charge in [0.15, 0.2) is 0 Å². The lowest BCUT2D eigenvalue weighted by Gasteiger charge is -2.21. The quantitative estimate of drug-likeness (QED) is 0.894. The summed E-state index contributed by atoms with van der Waals surface area (Å²) in [5.41, 5.74) is 7.13. The molecule has 2 nitrogen and oxygen atoms in total. The maximum atomic E-state index is 10.7. The van der Waals surface area contributed by atoms with E-state index in [1.165, 1.54) is 16.7 Å². The first kappa shape index (κ1) is 14.9. The fraction of sp³-hybridized carbons (Fsp3) is 0.444. The molecule has 1 heterocycles. The number of hydrogen-bond acceptors (Lipinski definition) is 2. The van der Waals surface area contributed by atoms with E-state index in [-0.39, 0.29) is 0 Å². The fourth-order valence-corrected chi connectivity index (χ4v) is 2.81. The Labute approximate surface area is 121 Å². The Balaban J connectivity index is 2.57. The van der Waals surface area contributed by atoms with Crippen LogP contribution < -0.4 is 0 Å². The predicted molar refractivity (Wildman–Crippen MR) is 82.3 cm³/mol. The first-order chi connectivity index (χ1) is 9.38. The molecule has 0 spiro atoms. The number of hydrogen-bond donors (Lipinski definition) is 1. The van der Waals surface area contributed by atoms with Gasteiger partial charge >= 0.3 is 0 Å². The van der Waals surface area contributed by atoms with Gasteiger partial charge in [0.1, 0.15) is 17.6 Å². The summed E-state index contributed by atoms with van der Waals surface area (Å²) in [6.07, 6.45) is 0.157. The zero-order valence-electron chi connectivity index (χ0n) is 13.3. The standard InChI is InChI=1S/C18H24O2/c1-7-15-8-9-16(20-15)18(19)17-13(5)11(3)10(2)12(4)14(17)6/h8-9,18-19H,7H2,1-6H3. The Morgan fingerprint density at radius 2 is 1.40 bits per heavy atom. The van der Waals surface area contributed by atoms with E-state index in [1.807, 2.05) is 19.1 Å². The van der Waals surface area contributed by atoms with Crippen LogP contribution in [0.3, 0.4) is 0 Å². The van der Waals surface area contributed by atoms with E-state index in [0.717, 1.165) is 28.9 Å². The highest BCUT2D eigenvalue weighted by molar-refractivity contribution is 5.51. The van der Waals surface area contributed by atoms with E-state index in [2.05, 4.69) is 34.6 Å². The first-order valence-electron chi connectivity index (χ1n) is 7.22. The summed E-state index contributed by atoms with van der Waals surface area (Å²) in [4.78, 5) is 0. The summed E-state index contributed by atoms with van der Waals surface area (Å²) in [7, 11) is 0. The number of benzene rings is 1. The second-order valence-electron chi connectivity index (χ2n) is 5.60. The van der Waals surface area contributed by atoms with E-state index in [1.54, 1.807) is 0 Å². The van der Waals surface area contributed by atoms with Gasteiger partial charge in [0, 0.05) is 6.42 Å². The highest BCUT2D eigenvalue weighted by Gasteiger charge is 2.22. The Bertz CT molecular complexity index is 606. The minimum absolute atomic E-state index is 0.635. The third kappa shape index (κ3) is 2.29. The molecule has 20 heavy (non-hydrogen) atoms. The van der Waals surface area contributed by atoms with Gasteiger partial charge in [-0.05, 0) is 80.1 Å². The highest BCUT2D eigenvalue weighted by atomic mass is 16.4. The molecule has 2 aromatic rings. The molecule has 0 aliphatic heterocycles. The SMILES string of the molecule is CCc1ccc(C(O)c2c(C)c(C)c(C)c(C)c2C)o1. The summed E-state index contributed by atoms with van der Waals surface area (Å²) < 4.78 is 5.72. The fourth-order valence-electron chi connectivity index (χ4n) is 2.81. The van der Waals surface area contributed by atoms with Crippen LogP contribution in [0.1, 0.15) is 57.9 Å². The summed E-state index contributed by atoms with van der Waals surface area (Å²) in [6.45, 7) is 12.6. The summed E-state index contributed by atoms with van der Waals surface area (Å²) >= 11 is 0.